The summed E-state index contributed by atoms with van der Waals surface area (Å²) < 4.78 is 0. The number of carboxylic acids is 1. The van der Waals surface area contributed by atoms with E-state index in [1.165, 1.54) is 0 Å². The quantitative estimate of drug-likeness (QED) is 0.776. The first kappa shape index (κ1) is 11.1. The van der Waals surface area contributed by atoms with Crippen LogP contribution in [-0.4, -0.2) is 16.8 Å². The van der Waals surface area contributed by atoms with Crippen molar-refractivity contribution in [2.24, 2.45) is 0 Å². The molecule has 0 aliphatic rings. The third kappa shape index (κ3) is 2.77. The average Bonchev–Trinajstić information content (AvgIpc) is 2.17. The molecule has 0 spiro atoms. The van der Waals surface area contributed by atoms with Gasteiger partial charge in [-0.25, -0.2) is 0 Å². The topological polar surface area (TPSA) is 37.3 Å². The van der Waals surface area contributed by atoms with E-state index in [4.69, 9.17) is 5.11 Å². The van der Waals surface area contributed by atoms with E-state index >= 15 is 0 Å². The lowest BCUT2D eigenvalue weighted by atomic mass is 10.0. The largest absolute Gasteiger partial charge is 0.481 e. The smallest absolute Gasteiger partial charge is 0.310 e. The molecule has 0 saturated heterocycles. The molecule has 0 bridgehead atoms. The molecule has 0 fully saturated rings. The fourth-order valence-electron chi connectivity index (χ4n) is 1.18. The Morgan fingerprint density at radius 3 is 2.86 bits per heavy atom. The van der Waals surface area contributed by atoms with Gasteiger partial charge in [0.05, 0.1) is 5.92 Å². The second kappa shape index (κ2) is 5.05. The van der Waals surface area contributed by atoms with Crippen molar-refractivity contribution in [1.29, 1.82) is 0 Å². The molecule has 0 radical (unpaired) electrons. The van der Waals surface area contributed by atoms with Gasteiger partial charge in [-0.2, -0.15) is 0 Å². The number of thioether (sulfide) groups is 1. The highest BCUT2D eigenvalue weighted by Crippen LogP contribution is 2.23. The summed E-state index contributed by atoms with van der Waals surface area (Å²) in [7, 11) is 0. The van der Waals surface area contributed by atoms with Gasteiger partial charge in [0.2, 0.25) is 0 Å². The van der Waals surface area contributed by atoms with Gasteiger partial charge < -0.3 is 5.11 Å². The summed E-state index contributed by atoms with van der Waals surface area (Å²) in [4.78, 5) is 11.9. The minimum Gasteiger partial charge on any atom is -0.481 e. The lowest BCUT2D eigenvalue weighted by molar-refractivity contribution is -0.138. The number of carbonyl (C=O) groups is 1. The van der Waals surface area contributed by atoms with Crippen LogP contribution in [0.2, 0.25) is 0 Å². The number of hydrogen-bond acceptors (Lipinski definition) is 2. The first-order chi connectivity index (χ1) is 6.65. The molecule has 1 N–H and O–H groups in total. The fraction of sp³-hybridized carbons (Fsp3) is 0.364. The Balaban J connectivity index is 2.87. The van der Waals surface area contributed by atoms with Gasteiger partial charge in [0.15, 0.2) is 0 Å². The maximum Gasteiger partial charge on any atom is 0.310 e. The molecule has 1 atom stereocenters. The maximum absolute atomic E-state index is 10.8. The van der Waals surface area contributed by atoms with Crippen LogP contribution in [0.25, 0.3) is 0 Å². The zero-order valence-corrected chi connectivity index (χ0v) is 9.17. The van der Waals surface area contributed by atoms with Gasteiger partial charge in [-0.1, -0.05) is 19.1 Å². The Labute approximate surface area is 88.3 Å². The number of hydrogen-bond donors (Lipinski definition) is 1. The highest BCUT2D eigenvalue weighted by molar-refractivity contribution is 7.99. The summed E-state index contributed by atoms with van der Waals surface area (Å²) in [6.07, 6.45) is 0. The molecule has 0 heterocycles. The van der Waals surface area contributed by atoms with Crippen molar-refractivity contribution in [1.82, 2.24) is 0 Å². The van der Waals surface area contributed by atoms with Crippen molar-refractivity contribution in [3.63, 3.8) is 0 Å². The third-order valence-electron chi connectivity index (χ3n) is 2.04. The minimum absolute atomic E-state index is 0.424. The molecule has 3 heteroatoms. The molecule has 0 aromatic heterocycles. The molecule has 0 amide bonds. The van der Waals surface area contributed by atoms with E-state index in [1.807, 2.05) is 24.3 Å². The number of benzene rings is 1. The second-order valence-electron chi connectivity index (χ2n) is 3.07. The molecular formula is C11H14O2S. The van der Waals surface area contributed by atoms with E-state index < -0.39 is 11.9 Å². The van der Waals surface area contributed by atoms with E-state index in [1.54, 1.807) is 18.7 Å². The monoisotopic (exact) mass is 210 g/mol. The number of rotatable bonds is 4. The standard InChI is InChI=1S/C11H14O2S/c1-3-14-10-6-4-5-9(7-10)8(2)11(12)13/h4-8H,3H2,1-2H3,(H,12,13). The molecule has 0 aliphatic carbocycles. The summed E-state index contributed by atoms with van der Waals surface area (Å²) in [6, 6.07) is 7.73. The molecule has 1 aromatic carbocycles. The lowest BCUT2D eigenvalue weighted by Gasteiger charge is -2.07. The highest BCUT2D eigenvalue weighted by atomic mass is 32.2. The Morgan fingerprint density at radius 2 is 2.29 bits per heavy atom. The normalized spacial score (nSPS) is 12.4. The van der Waals surface area contributed by atoms with Crippen LogP contribution in [-0.2, 0) is 4.79 Å². The van der Waals surface area contributed by atoms with Crippen LogP contribution >= 0.6 is 11.8 Å². The molecule has 1 rings (SSSR count). The SMILES string of the molecule is CCSc1cccc(C(C)C(=O)O)c1. The van der Waals surface area contributed by atoms with Crippen molar-refractivity contribution < 1.29 is 9.90 Å². The first-order valence-corrected chi connectivity index (χ1v) is 5.59. The third-order valence-corrected chi connectivity index (χ3v) is 2.92. The molecule has 1 aromatic rings. The predicted octanol–water partition coefficient (Wildman–Crippen LogP) is 2.99. The van der Waals surface area contributed by atoms with Crippen molar-refractivity contribution in [2.45, 2.75) is 24.7 Å². The Hall–Kier alpha value is -0.960. The van der Waals surface area contributed by atoms with Crippen LogP contribution < -0.4 is 0 Å². The number of carboxylic acid groups (broad SMARTS) is 1. The molecular weight excluding hydrogens is 196 g/mol. The van der Waals surface area contributed by atoms with Crippen molar-refractivity contribution in [3.8, 4) is 0 Å². The highest BCUT2D eigenvalue weighted by Gasteiger charge is 2.13. The Morgan fingerprint density at radius 1 is 1.57 bits per heavy atom. The van der Waals surface area contributed by atoms with Gasteiger partial charge in [-0.05, 0) is 30.4 Å². The Kier molecular flexibility index (Phi) is 4.01. The molecule has 2 nitrogen and oxygen atoms in total. The van der Waals surface area contributed by atoms with Gasteiger partial charge in [0.1, 0.15) is 0 Å². The summed E-state index contributed by atoms with van der Waals surface area (Å²) >= 11 is 1.73. The summed E-state index contributed by atoms with van der Waals surface area (Å²) in [5.41, 5.74) is 0.871. The van der Waals surface area contributed by atoms with Crippen molar-refractivity contribution in [2.75, 3.05) is 5.75 Å². The summed E-state index contributed by atoms with van der Waals surface area (Å²) in [5.74, 6) is -0.193. The average molecular weight is 210 g/mol. The zero-order chi connectivity index (χ0) is 10.6. The van der Waals surface area contributed by atoms with E-state index in [2.05, 4.69) is 6.92 Å². The van der Waals surface area contributed by atoms with Gasteiger partial charge >= 0.3 is 5.97 Å². The Bertz CT molecular complexity index is 323. The zero-order valence-electron chi connectivity index (χ0n) is 8.36. The van der Waals surface area contributed by atoms with Crippen LogP contribution in [0.1, 0.15) is 25.3 Å². The van der Waals surface area contributed by atoms with Crippen LogP contribution in [0.15, 0.2) is 29.2 Å². The molecule has 0 aliphatic heterocycles. The van der Waals surface area contributed by atoms with E-state index in [0.29, 0.717) is 0 Å². The van der Waals surface area contributed by atoms with Crippen molar-refractivity contribution in [3.05, 3.63) is 29.8 Å². The maximum atomic E-state index is 10.8. The molecule has 14 heavy (non-hydrogen) atoms. The number of aliphatic carboxylic acids is 1. The van der Waals surface area contributed by atoms with E-state index in [9.17, 15) is 4.79 Å². The first-order valence-electron chi connectivity index (χ1n) is 4.60. The summed E-state index contributed by atoms with van der Waals surface area (Å²) in [6.45, 7) is 3.79. The summed E-state index contributed by atoms with van der Waals surface area (Å²) in [5, 5.41) is 8.85. The van der Waals surface area contributed by atoms with Gasteiger partial charge in [-0.15, -0.1) is 11.8 Å². The lowest BCUT2D eigenvalue weighted by Crippen LogP contribution is -2.07. The van der Waals surface area contributed by atoms with Crippen molar-refractivity contribution >= 4 is 17.7 Å². The van der Waals surface area contributed by atoms with Crippen LogP contribution in [0.3, 0.4) is 0 Å². The van der Waals surface area contributed by atoms with Crippen LogP contribution in [0.4, 0.5) is 0 Å². The second-order valence-corrected chi connectivity index (χ2v) is 4.40. The molecule has 1 unspecified atom stereocenters. The van der Waals surface area contributed by atoms with E-state index in [-0.39, 0.29) is 0 Å². The molecule has 0 saturated carbocycles. The minimum atomic E-state index is -0.774. The van der Waals surface area contributed by atoms with Crippen LogP contribution in [0.5, 0.6) is 0 Å². The van der Waals surface area contributed by atoms with Gasteiger partial charge in [-0.3, -0.25) is 4.79 Å². The van der Waals surface area contributed by atoms with E-state index in [0.717, 1.165) is 16.2 Å². The van der Waals surface area contributed by atoms with Gasteiger partial charge in [0.25, 0.3) is 0 Å². The van der Waals surface area contributed by atoms with Crippen LogP contribution in [0, 0.1) is 0 Å². The predicted molar refractivity (Wildman–Crippen MR) is 58.9 cm³/mol. The van der Waals surface area contributed by atoms with Gasteiger partial charge in [0, 0.05) is 4.90 Å². The molecule has 76 valence electrons. The fourth-order valence-corrected chi connectivity index (χ4v) is 1.91.